The lowest BCUT2D eigenvalue weighted by molar-refractivity contribution is -0.166. The highest BCUT2D eigenvalue weighted by Crippen LogP contribution is 2.44. The lowest BCUT2D eigenvalue weighted by Crippen LogP contribution is -2.37. The molecule has 1 N–H and O–H groups in total. The number of ether oxygens (including phenoxy) is 1. The molecule has 2 aliphatic heterocycles. The number of fused-ring (bicyclic) bond motifs is 2. The maximum Gasteiger partial charge on any atom is 0.380 e. The second kappa shape index (κ2) is 11.5. The van der Waals surface area contributed by atoms with E-state index < -0.39 is 17.5 Å². The molecule has 0 fully saturated rings. The molecule has 6 rings (SSSR count). The van der Waals surface area contributed by atoms with Crippen molar-refractivity contribution in [2.45, 2.75) is 5.92 Å². The molecule has 0 bridgehead atoms. The van der Waals surface area contributed by atoms with Crippen molar-refractivity contribution < 1.29 is 27.8 Å². The summed E-state index contributed by atoms with van der Waals surface area (Å²) in [7, 11) is 7.08. The molecule has 0 atom stereocenters. The molecule has 6 nitrogen and oxygen atoms in total. The van der Waals surface area contributed by atoms with Crippen LogP contribution < -0.4 is 19.6 Å². The highest BCUT2D eigenvalue weighted by Gasteiger charge is 2.48. The van der Waals surface area contributed by atoms with Gasteiger partial charge in [0.1, 0.15) is 36.9 Å². The Morgan fingerprint density at radius 2 is 1.51 bits per heavy atom. The molecule has 3 aliphatic rings. The topological polar surface area (TPSA) is 65.9 Å². The van der Waals surface area contributed by atoms with Gasteiger partial charge in [0.25, 0.3) is 0 Å². The van der Waals surface area contributed by atoms with Crippen molar-refractivity contribution in [2.75, 3.05) is 33.1 Å². The number of anilines is 1. The number of alkyl halides is 2. The van der Waals surface area contributed by atoms with E-state index in [1.165, 1.54) is 10.6 Å². The first kappa shape index (κ1) is 29.6. The van der Waals surface area contributed by atoms with E-state index in [4.69, 9.17) is 9.15 Å². The molecule has 226 valence electrons. The summed E-state index contributed by atoms with van der Waals surface area (Å²) < 4.78 is 45.2. The maximum absolute atomic E-state index is 15.6. The summed E-state index contributed by atoms with van der Waals surface area (Å²) in [6.45, 7) is 0. The van der Waals surface area contributed by atoms with Crippen LogP contribution in [0.25, 0.3) is 40.1 Å². The van der Waals surface area contributed by atoms with Gasteiger partial charge in [-0.05, 0) is 47.6 Å². The maximum atomic E-state index is 15.6. The zero-order valence-electron chi connectivity index (χ0n) is 25.2. The fourth-order valence-corrected chi connectivity index (χ4v) is 5.42. The number of carboxylic acid groups (broad SMARTS) is 1. The molecule has 3 aromatic rings. The standard InChI is InChI=1S/C37H30F2N2O4/c1-40(2)27-15-16-28-25(20-31(44-33(28)22-27)23-11-7-5-8-12-23)19-26-21-32(24-13-9-6-10-14-24)45-35-29(26)17-18-30(41(3)4)34(35)37(38,39)36(42)43/h5-22H,1-4H3/p+1. The molecule has 8 heteroatoms. The van der Waals surface area contributed by atoms with E-state index in [1.807, 2.05) is 110 Å². The van der Waals surface area contributed by atoms with Crippen LogP contribution in [-0.2, 0) is 10.7 Å². The van der Waals surface area contributed by atoms with Crippen LogP contribution >= 0.6 is 0 Å². The summed E-state index contributed by atoms with van der Waals surface area (Å²) in [5, 5.41) is 9.68. The Labute approximate surface area is 259 Å². The van der Waals surface area contributed by atoms with Crippen LogP contribution in [0.4, 0.5) is 14.5 Å². The van der Waals surface area contributed by atoms with Gasteiger partial charge in [-0.1, -0.05) is 60.7 Å². The Bertz CT molecular complexity index is 2020. The van der Waals surface area contributed by atoms with Crippen LogP contribution in [-0.4, -0.2) is 39.3 Å². The van der Waals surface area contributed by atoms with E-state index in [0.717, 1.165) is 22.4 Å². The molecular formula is C37H31F2N2O4+. The number of hydrogen-bond acceptors (Lipinski definition) is 4. The molecule has 1 aliphatic carbocycles. The molecule has 0 radical (unpaired) electrons. The molecule has 0 saturated carbocycles. The minimum absolute atomic E-state index is 0.0429. The monoisotopic (exact) mass is 605 g/mol. The lowest BCUT2D eigenvalue weighted by atomic mass is 9.91. The number of benzene rings is 4. The fourth-order valence-electron chi connectivity index (χ4n) is 5.42. The van der Waals surface area contributed by atoms with Gasteiger partial charge in [0.15, 0.2) is 5.76 Å². The summed E-state index contributed by atoms with van der Waals surface area (Å²) in [6, 6.07) is 29.7. The van der Waals surface area contributed by atoms with Crippen molar-refractivity contribution in [3.8, 4) is 28.4 Å². The first-order valence-electron chi connectivity index (χ1n) is 14.3. The van der Waals surface area contributed by atoms with Crippen molar-refractivity contribution in [3.63, 3.8) is 0 Å². The number of nitrogens with zero attached hydrogens (tertiary/aromatic N) is 2. The Morgan fingerprint density at radius 3 is 2.13 bits per heavy atom. The number of hydrogen-bond donors (Lipinski definition) is 1. The van der Waals surface area contributed by atoms with Gasteiger partial charge >= 0.3 is 11.9 Å². The third-order valence-corrected chi connectivity index (χ3v) is 7.74. The molecular weight excluding hydrogens is 574 g/mol. The Kier molecular flexibility index (Phi) is 7.58. The SMILES string of the molecule is CN(C)c1ccc2c(c1)OC(c1ccccc1)=C/C2=C\c1cc(-c2ccccc2)oc2c(C(F)(F)C(=O)O)c(=[N+](C)C)ccc1-2. The first-order chi connectivity index (χ1) is 21.5. The molecule has 3 aromatic carbocycles. The molecule has 0 aromatic heterocycles. The minimum Gasteiger partial charge on any atom is -0.477 e. The average Bonchev–Trinajstić information content (AvgIpc) is 3.04. The zero-order valence-corrected chi connectivity index (χ0v) is 25.2. The van der Waals surface area contributed by atoms with Crippen molar-refractivity contribution in [1.29, 1.82) is 0 Å². The van der Waals surface area contributed by atoms with Gasteiger partial charge in [0.05, 0.1) is 0 Å². The van der Waals surface area contributed by atoms with E-state index in [1.54, 1.807) is 26.2 Å². The summed E-state index contributed by atoms with van der Waals surface area (Å²) in [5.41, 5.74) is 4.30. The number of aliphatic carboxylic acids is 1. The van der Waals surface area contributed by atoms with Gasteiger partial charge in [-0.2, -0.15) is 8.78 Å². The third-order valence-electron chi connectivity index (χ3n) is 7.74. The molecule has 0 unspecified atom stereocenters. The van der Waals surface area contributed by atoms with Crippen molar-refractivity contribution >= 4 is 29.1 Å². The van der Waals surface area contributed by atoms with Crippen LogP contribution in [0.15, 0.2) is 108 Å². The van der Waals surface area contributed by atoms with Crippen molar-refractivity contribution in [2.24, 2.45) is 0 Å². The largest absolute Gasteiger partial charge is 0.477 e. The van der Waals surface area contributed by atoms with Gasteiger partial charge < -0.3 is 19.2 Å². The molecule has 0 amide bonds. The zero-order chi connectivity index (χ0) is 31.9. The van der Waals surface area contributed by atoms with Gasteiger partial charge in [-0.15, -0.1) is 0 Å². The molecule has 0 saturated heterocycles. The summed E-state index contributed by atoms with van der Waals surface area (Å²) >= 11 is 0. The van der Waals surface area contributed by atoms with Gasteiger partial charge in [-0.3, -0.25) is 0 Å². The highest BCUT2D eigenvalue weighted by atomic mass is 19.3. The Hall–Kier alpha value is -5.50. The van der Waals surface area contributed by atoms with Crippen LogP contribution in [0.1, 0.15) is 22.3 Å². The van der Waals surface area contributed by atoms with E-state index in [0.29, 0.717) is 34.0 Å². The summed E-state index contributed by atoms with van der Waals surface area (Å²) in [4.78, 5) is 13.9. The molecule has 0 spiro atoms. The number of carbonyl (C=O) groups is 1. The van der Waals surface area contributed by atoms with Crippen molar-refractivity contribution in [3.05, 3.63) is 131 Å². The van der Waals surface area contributed by atoms with Crippen LogP contribution in [0, 0.1) is 0 Å². The predicted molar refractivity (Wildman–Crippen MR) is 173 cm³/mol. The van der Waals surface area contributed by atoms with Gasteiger partial charge in [0, 0.05) is 54.2 Å². The van der Waals surface area contributed by atoms with E-state index >= 15 is 8.78 Å². The molecule has 45 heavy (non-hydrogen) atoms. The van der Waals surface area contributed by atoms with Gasteiger partial charge in [-0.25, -0.2) is 9.37 Å². The summed E-state index contributed by atoms with van der Waals surface area (Å²) in [5.74, 6) is -5.10. The smallest absolute Gasteiger partial charge is 0.380 e. The minimum atomic E-state index is -4.23. The second-order valence-electron chi connectivity index (χ2n) is 11.2. The lowest BCUT2D eigenvalue weighted by Gasteiger charge is -2.24. The van der Waals surface area contributed by atoms with E-state index in [9.17, 15) is 9.90 Å². The predicted octanol–water partition coefficient (Wildman–Crippen LogP) is 7.30. The highest BCUT2D eigenvalue weighted by molar-refractivity contribution is 5.99. The van der Waals surface area contributed by atoms with Crippen molar-refractivity contribution in [1.82, 2.24) is 4.58 Å². The van der Waals surface area contributed by atoms with Crippen LogP contribution in [0.5, 0.6) is 5.75 Å². The quantitative estimate of drug-likeness (QED) is 0.206. The van der Waals surface area contributed by atoms with Crippen LogP contribution in [0.3, 0.4) is 0 Å². The van der Waals surface area contributed by atoms with Gasteiger partial charge in [0.2, 0.25) is 5.36 Å². The van der Waals surface area contributed by atoms with Crippen LogP contribution in [0.2, 0.25) is 0 Å². The average molecular weight is 606 g/mol. The third kappa shape index (κ3) is 5.51. The number of rotatable bonds is 6. The normalized spacial score (nSPS) is 13.6. The van der Waals surface area contributed by atoms with E-state index in [2.05, 4.69) is 0 Å². The Morgan fingerprint density at radius 1 is 0.867 bits per heavy atom. The Balaban J connectivity index is 1.68. The fraction of sp³-hybridized carbons (Fsp3) is 0.135. The summed E-state index contributed by atoms with van der Waals surface area (Å²) in [6.07, 6.45) is 3.83. The first-order valence-corrected chi connectivity index (χ1v) is 14.3. The number of allylic oxidation sites excluding steroid dienone is 2. The second-order valence-corrected chi connectivity index (χ2v) is 11.2. The number of carboxylic acids is 1. The molecule has 2 heterocycles. The number of halogens is 2. The van der Waals surface area contributed by atoms with E-state index in [-0.39, 0.29) is 11.1 Å².